The topological polar surface area (TPSA) is 98.3 Å². The summed E-state index contributed by atoms with van der Waals surface area (Å²) in [5, 5.41) is 5.32. The van der Waals surface area contributed by atoms with E-state index in [1.54, 1.807) is 30.8 Å². The van der Waals surface area contributed by atoms with Crippen molar-refractivity contribution >= 4 is 17.5 Å². The van der Waals surface area contributed by atoms with Crippen LogP contribution in [0.25, 0.3) is 5.69 Å². The molecule has 3 aromatic rings. The lowest BCUT2D eigenvalue weighted by Gasteiger charge is -2.07. The highest BCUT2D eigenvalue weighted by Crippen LogP contribution is 2.14. The Hall–Kier alpha value is -3.55. The number of anilines is 1. The number of aromatic nitrogens is 2. The van der Waals surface area contributed by atoms with Crippen molar-refractivity contribution in [2.24, 2.45) is 7.05 Å². The van der Waals surface area contributed by atoms with Crippen LogP contribution in [0.5, 0.6) is 0 Å². The van der Waals surface area contributed by atoms with Crippen LogP contribution in [0.2, 0.25) is 0 Å². The lowest BCUT2D eigenvalue weighted by molar-refractivity contribution is -0.124. The van der Waals surface area contributed by atoms with Gasteiger partial charge in [0.05, 0.1) is 24.2 Å². The normalized spacial score (nSPS) is 10.6. The van der Waals surface area contributed by atoms with E-state index in [-0.39, 0.29) is 42.4 Å². The minimum atomic E-state index is -0.390. The predicted molar refractivity (Wildman–Crippen MR) is 104 cm³/mol. The highest BCUT2D eigenvalue weighted by atomic mass is 16.3. The third-order valence-corrected chi connectivity index (χ3v) is 4.44. The third kappa shape index (κ3) is 4.22. The monoisotopic (exact) mass is 382 g/mol. The average molecular weight is 382 g/mol. The summed E-state index contributed by atoms with van der Waals surface area (Å²) in [5.41, 5.74) is 1.23. The second-order valence-electron chi connectivity index (χ2n) is 6.34. The molecule has 0 unspecified atom stereocenters. The van der Waals surface area contributed by atoms with Crippen molar-refractivity contribution in [1.29, 1.82) is 0 Å². The van der Waals surface area contributed by atoms with Crippen molar-refractivity contribution in [1.82, 2.24) is 14.7 Å². The van der Waals surface area contributed by atoms with Crippen LogP contribution in [0, 0.1) is 6.92 Å². The molecule has 8 nitrogen and oxygen atoms in total. The smallest absolute Gasteiger partial charge is 0.295 e. The maximum Gasteiger partial charge on any atom is 0.295 e. The van der Waals surface area contributed by atoms with Gasteiger partial charge in [-0.3, -0.25) is 19.1 Å². The Bertz CT molecular complexity index is 1020. The van der Waals surface area contributed by atoms with Crippen LogP contribution in [0.15, 0.2) is 57.9 Å². The van der Waals surface area contributed by atoms with Crippen molar-refractivity contribution in [2.45, 2.75) is 26.3 Å². The molecule has 28 heavy (non-hydrogen) atoms. The number of amides is 2. The SMILES string of the molecule is Cc1c(NC(=O)CCC(=O)NCc2ccco2)c(=O)n(-c2ccccc2)n1C. The van der Waals surface area contributed by atoms with Gasteiger partial charge in [-0.15, -0.1) is 0 Å². The number of nitrogens with one attached hydrogen (secondary N) is 2. The second-order valence-corrected chi connectivity index (χ2v) is 6.34. The number of carbonyl (C=O) groups excluding carboxylic acids is 2. The fourth-order valence-electron chi connectivity index (χ4n) is 2.83. The van der Waals surface area contributed by atoms with E-state index in [9.17, 15) is 14.4 Å². The molecular weight excluding hydrogens is 360 g/mol. The molecular formula is C20H22N4O4. The number of hydrogen-bond donors (Lipinski definition) is 2. The Morgan fingerprint density at radius 2 is 1.75 bits per heavy atom. The summed E-state index contributed by atoms with van der Waals surface area (Å²) in [6.07, 6.45) is 1.52. The molecule has 2 heterocycles. The van der Waals surface area contributed by atoms with Crippen molar-refractivity contribution in [3.8, 4) is 5.69 Å². The van der Waals surface area contributed by atoms with Gasteiger partial charge in [0.15, 0.2) is 0 Å². The Morgan fingerprint density at radius 3 is 2.43 bits per heavy atom. The van der Waals surface area contributed by atoms with E-state index in [0.717, 1.165) is 0 Å². The highest BCUT2D eigenvalue weighted by Gasteiger charge is 2.18. The molecule has 2 N–H and O–H groups in total. The molecule has 0 saturated carbocycles. The van der Waals surface area contributed by atoms with Crippen LogP contribution in [0.1, 0.15) is 24.3 Å². The minimum absolute atomic E-state index is 0.0191. The summed E-state index contributed by atoms with van der Waals surface area (Å²) in [7, 11) is 1.75. The van der Waals surface area contributed by atoms with Crippen LogP contribution >= 0.6 is 0 Å². The van der Waals surface area contributed by atoms with E-state index in [1.165, 1.54) is 10.9 Å². The van der Waals surface area contributed by atoms with Crippen LogP contribution in [0.4, 0.5) is 5.69 Å². The molecule has 1 aromatic carbocycles. The van der Waals surface area contributed by atoms with E-state index in [1.807, 2.05) is 30.3 Å². The molecule has 0 radical (unpaired) electrons. The first-order valence-electron chi connectivity index (χ1n) is 8.90. The molecule has 0 bridgehead atoms. The van der Waals surface area contributed by atoms with Gasteiger partial charge in [-0.05, 0) is 31.2 Å². The number of para-hydroxylation sites is 1. The van der Waals surface area contributed by atoms with Gasteiger partial charge < -0.3 is 15.1 Å². The number of rotatable bonds is 7. The van der Waals surface area contributed by atoms with Crippen molar-refractivity contribution in [3.63, 3.8) is 0 Å². The lowest BCUT2D eigenvalue weighted by Crippen LogP contribution is -2.25. The van der Waals surface area contributed by atoms with E-state index < -0.39 is 0 Å². The summed E-state index contributed by atoms with van der Waals surface area (Å²) in [6, 6.07) is 12.7. The quantitative estimate of drug-likeness (QED) is 0.654. The van der Waals surface area contributed by atoms with Crippen LogP contribution in [-0.4, -0.2) is 21.2 Å². The zero-order chi connectivity index (χ0) is 20.1. The van der Waals surface area contributed by atoms with E-state index in [0.29, 0.717) is 17.1 Å². The second kappa shape index (κ2) is 8.43. The molecule has 0 fully saturated rings. The van der Waals surface area contributed by atoms with E-state index in [2.05, 4.69) is 10.6 Å². The van der Waals surface area contributed by atoms with Gasteiger partial charge in [0.2, 0.25) is 11.8 Å². The lowest BCUT2D eigenvalue weighted by atomic mass is 10.2. The van der Waals surface area contributed by atoms with Crippen molar-refractivity contribution < 1.29 is 14.0 Å². The first-order valence-corrected chi connectivity index (χ1v) is 8.90. The van der Waals surface area contributed by atoms with Gasteiger partial charge in [-0.2, -0.15) is 0 Å². The molecule has 0 aliphatic heterocycles. The molecule has 3 rings (SSSR count). The highest BCUT2D eigenvalue weighted by molar-refractivity contribution is 5.93. The minimum Gasteiger partial charge on any atom is -0.467 e. The number of benzene rings is 1. The summed E-state index contributed by atoms with van der Waals surface area (Å²) in [4.78, 5) is 36.9. The van der Waals surface area contributed by atoms with Crippen LogP contribution in [-0.2, 0) is 23.2 Å². The van der Waals surface area contributed by atoms with Crippen LogP contribution < -0.4 is 16.2 Å². The molecule has 0 saturated heterocycles. The Balaban J connectivity index is 1.61. The molecule has 0 atom stereocenters. The van der Waals surface area contributed by atoms with Gasteiger partial charge in [-0.1, -0.05) is 18.2 Å². The van der Waals surface area contributed by atoms with Crippen LogP contribution in [0.3, 0.4) is 0 Å². The molecule has 8 heteroatoms. The Kier molecular flexibility index (Phi) is 5.78. The van der Waals surface area contributed by atoms with Gasteiger partial charge >= 0.3 is 0 Å². The number of hydrogen-bond acceptors (Lipinski definition) is 4. The summed E-state index contributed by atoms with van der Waals surface area (Å²) < 4.78 is 8.30. The number of carbonyl (C=O) groups is 2. The average Bonchev–Trinajstić information content (AvgIpc) is 3.29. The Morgan fingerprint density at radius 1 is 1.04 bits per heavy atom. The van der Waals surface area contributed by atoms with Gasteiger partial charge in [0.1, 0.15) is 11.4 Å². The van der Waals surface area contributed by atoms with E-state index >= 15 is 0 Å². The van der Waals surface area contributed by atoms with Crippen molar-refractivity contribution in [2.75, 3.05) is 5.32 Å². The van der Waals surface area contributed by atoms with E-state index in [4.69, 9.17) is 4.42 Å². The summed E-state index contributed by atoms with van der Waals surface area (Å²) >= 11 is 0. The molecule has 2 amide bonds. The largest absolute Gasteiger partial charge is 0.467 e. The fourth-order valence-corrected chi connectivity index (χ4v) is 2.83. The predicted octanol–water partition coefficient (Wildman–Crippen LogP) is 2.11. The zero-order valence-corrected chi connectivity index (χ0v) is 15.8. The Labute approximate surface area is 161 Å². The maximum atomic E-state index is 12.8. The standard InChI is InChI=1S/C20H22N4O4/c1-14-19(20(27)24(23(14)2)15-7-4-3-5-8-15)22-18(26)11-10-17(25)21-13-16-9-6-12-28-16/h3-9,12H,10-11,13H2,1-2H3,(H,21,25)(H,22,26). The summed E-state index contributed by atoms with van der Waals surface area (Å²) in [6.45, 7) is 2.03. The molecule has 2 aromatic heterocycles. The number of nitrogens with zero attached hydrogens (tertiary/aromatic N) is 2. The summed E-state index contributed by atoms with van der Waals surface area (Å²) in [5.74, 6) is -0.0173. The first-order chi connectivity index (χ1) is 13.5. The maximum absolute atomic E-state index is 12.8. The van der Waals surface area contributed by atoms with Gasteiger partial charge in [-0.25, -0.2) is 4.68 Å². The molecule has 0 aliphatic carbocycles. The van der Waals surface area contributed by atoms with Gasteiger partial charge in [0.25, 0.3) is 5.56 Å². The zero-order valence-electron chi connectivity index (χ0n) is 15.8. The van der Waals surface area contributed by atoms with Crippen molar-refractivity contribution in [3.05, 3.63) is 70.5 Å². The first kappa shape index (κ1) is 19.2. The van der Waals surface area contributed by atoms with Gasteiger partial charge in [0, 0.05) is 19.9 Å². The molecule has 146 valence electrons. The molecule has 0 spiro atoms. The molecule has 0 aliphatic rings. The third-order valence-electron chi connectivity index (χ3n) is 4.44. The number of furan rings is 1. The fraction of sp³-hybridized carbons (Fsp3) is 0.250.